The Morgan fingerprint density at radius 1 is 1.25 bits per heavy atom. The molecule has 128 valence electrons. The fraction of sp³-hybridized carbons (Fsp3) is 0.375. The fourth-order valence-corrected chi connectivity index (χ4v) is 2.96. The summed E-state index contributed by atoms with van der Waals surface area (Å²) < 4.78 is 9.70. The van der Waals surface area contributed by atoms with E-state index < -0.39 is 24.3 Å². The first kappa shape index (κ1) is 17.9. The summed E-state index contributed by atoms with van der Waals surface area (Å²) in [6, 6.07) is 0. The predicted octanol–water partition coefficient (Wildman–Crippen LogP) is 2.15. The van der Waals surface area contributed by atoms with Crippen molar-refractivity contribution in [2.24, 2.45) is 0 Å². The van der Waals surface area contributed by atoms with Crippen molar-refractivity contribution in [2.75, 3.05) is 13.7 Å². The van der Waals surface area contributed by atoms with Crippen LogP contribution in [0.4, 0.5) is 0 Å². The third-order valence-electron chi connectivity index (χ3n) is 3.46. The van der Waals surface area contributed by atoms with Gasteiger partial charge in [-0.15, -0.1) is 11.3 Å². The highest BCUT2D eigenvalue weighted by Gasteiger charge is 2.23. The second-order valence-corrected chi connectivity index (χ2v) is 6.30. The number of rotatable bonds is 6. The van der Waals surface area contributed by atoms with Gasteiger partial charge in [0.2, 0.25) is 5.78 Å². The summed E-state index contributed by atoms with van der Waals surface area (Å²) in [6.45, 7) is 4.76. The standard InChI is InChI=1S/C16H18N2O5S/c1-8-14(16(21)22-4)9(2)17-15(8)12(19)6-23-13(20)5-11-7-24-10(3)18-11/h7,17H,5-6H2,1-4H3. The zero-order valence-electron chi connectivity index (χ0n) is 13.9. The van der Waals surface area contributed by atoms with Crippen LogP contribution in [0, 0.1) is 20.8 Å². The average molecular weight is 350 g/mol. The zero-order valence-corrected chi connectivity index (χ0v) is 14.7. The van der Waals surface area contributed by atoms with Crippen LogP contribution >= 0.6 is 11.3 Å². The van der Waals surface area contributed by atoms with Crippen LogP contribution in [-0.4, -0.2) is 41.4 Å². The lowest BCUT2D eigenvalue weighted by Crippen LogP contribution is -2.17. The van der Waals surface area contributed by atoms with Crippen molar-refractivity contribution in [3.8, 4) is 0 Å². The third-order valence-corrected chi connectivity index (χ3v) is 4.28. The van der Waals surface area contributed by atoms with Crippen LogP contribution in [0.1, 0.15) is 42.8 Å². The largest absolute Gasteiger partial charge is 0.465 e. The minimum atomic E-state index is -0.525. The maximum Gasteiger partial charge on any atom is 0.339 e. The van der Waals surface area contributed by atoms with Crippen LogP contribution in [0.25, 0.3) is 0 Å². The second-order valence-electron chi connectivity index (χ2n) is 5.24. The van der Waals surface area contributed by atoms with Crippen LogP contribution in [0.2, 0.25) is 0 Å². The SMILES string of the molecule is COC(=O)c1c(C)[nH]c(C(=O)COC(=O)Cc2csc(C)n2)c1C. The summed E-state index contributed by atoms with van der Waals surface area (Å²) in [4.78, 5) is 42.7. The number of aryl methyl sites for hydroxylation is 2. The molecule has 0 atom stereocenters. The number of aromatic amines is 1. The molecular formula is C16H18N2O5S. The average Bonchev–Trinajstić information content (AvgIpc) is 3.07. The first-order valence-corrected chi connectivity index (χ1v) is 8.08. The number of thiazole rings is 1. The molecule has 2 heterocycles. The maximum atomic E-state index is 12.2. The molecule has 0 amide bonds. The van der Waals surface area contributed by atoms with Gasteiger partial charge in [0.1, 0.15) is 0 Å². The van der Waals surface area contributed by atoms with Gasteiger partial charge in [-0.1, -0.05) is 0 Å². The van der Waals surface area contributed by atoms with Gasteiger partial charge in [0.05, 0.1) is 35.5 Å². The molecule has 0 saturated heterocycles. The van der Waals surface area contributed by atoms with E-state index in [1.165, 1.54) is 18.4 Å². The second kappa shape index (κ2) is 7.39. The molecule has 2 rings (SSSR count). The van der Waals surface area contributed by atoms with Crippen molar-refractivity contribution in [3.05, 3.63) is 38.6 Å². The zero-order chi connectivity index (χ0) is 17.9. The number of methoxy groups -OCH3 is 1. The van der Waals surface area contributed by atoms with E-state index in [4.69, 9.17) is 9.47 Å². The van der Waals surface area contributed by atoms with Crippen LogP contribution in [0.5, 0.6) is 0 Å². The number of H-pyrrole nitrogens is 1. The number of nitrogens with one attached hydrogen (secondary N) is 1. The van der Waals surface area contributed by atoms with Crippen LogP contribution in [-0.2, 0) is 20.7 Å². The van der Waals surface area contributed by atoms with Crippen LogP contribution in [0.15, 0.2) is 5.38 Å². The predicted molar refractivity (Wildman–Crippen MR) is 87.5 cm³/mol. The Morgan fingerprint density at radius 2 is 1.96 bits per heavy atom. The number of Topliss-reactive ketones (excluding diaryl/α,β-unsaturated/α-hetero) is 1. The molecule has 0 unspecified atom stereocenters. The number of nitrogens with zero attached hydrogens (tertiary/aromatic N) is 1. The third kappa shape index (κ3) is 3.88. The minimum absolute atomic E-state index is 0.0216. The van der Waals surface area contributed by atoms with E-state index >= 15 is 0 Å². The first-order chi connectivity index (χ1) is 11.3. The molecule has 2 aromatic heterocycles. The van der Waals surface area contributed by atoms with Crippen molar-refractivity contribution < 1.29 is 23.9 Å². The van der Waals surface area contributed by atoms with Gasteiger partial charge in [-0.3, -0.25) is 9.59 Å². The number of hydrogen-bond acceptors (Lipinski definition) is 7. The van der Waals surface area contributed by atoms with Gasteiger partial charge < -0.3 is 14.5 Å². The Bertz CT molecular complexity index is 790. The molecule has 24 heavy (non-hydrogen) atoms. The number of hydrogen-bond donors (Lipinski definition) is 1. The molecule has 7 nitrogen and oxygen atoms in total. The van der Waals surface area contributed by atoms with Gasteiger partial charge in [-0.05, 0) is 26.3 Å². The molecule has 2 aromatic rings. The lowest BCUT2D eigenvalue weighted by Gasteiger charge is -2.03. The van der Waals surface area contributed by atoms with E-state index in [1.807, 2.05) is 6.92 Å². The molecule has 8 heteroatoms. The van der Waals surface area contributed by atoms with E-state index in [0.29, 0.717) is 22.5 Å². The van der Waals surface area contributed by atoms with Gasteiger partial charge in [-0.25, -0.2) is 9.78 Å². The van der Waals surface area contributed by atoms with E-state index in [-0.39, 0.29) is 12.1 Å². The Hall–Kier alpha value is -2.48. The molecule has 0 radical (unpaired) electrons. The van der Waals surface area contributed by atoms with Gasteiger partial charge in [0.15, 0.2) is 6.61 Å². The van der Waals surface area contributed by atoms with Crippen LogP contribution in [0.3, 0.4) is 0 Å². The topological polar surface area (TPSA) is 98.4 Å². The molecule has 0 aliphatic carbocycles. The smallest absolute Gasteiger partial charge is 0.339 e. The lowest BCUT2D eigenvalue weighted by molar-refractivity contribution is -0.141. The summed E-state index contributed by atoms with van der Waals surface area (Å²) in [7, 11) is 1.28. The highest BCUT2D eigenvalue weighted by Crippen LogP contribution is 2.19. The lowest BCUT2D eigenvalue weighted by atomic mass is 10.1. The van der Waals surface area contributed by atoms with Crippen molar-refractivity contribution >= 4 is 29.1 Å². The van der Waals surface area contributed by atoms with E-state index in [0.717, 1.165) is 5.01 Å². The highest BCUT2D eigenvalue weighted by atomic mass is 32.1. The van der Waals surface area contributed by atoms with Gasteiger partial charge in [0, 0.05) is 11.1 Å². The first-order valence-electron chi connectivity index (χ1n) is 7.20. The number of carbonyl (C=O) groups is 3. The molecule has 0 aliphatic rings. The van der Waals surface area contributed by atoms with Crippen molar-refractivity contribution in [1.82, 2.24) is 9.97 Å². The van der Waals surface area contributed by atoms with Crippen LogP contribution < -0.4 is 0 Å². The summed E-state index contributed by atoms with van der Waals surface area (Å²) in [5, 5.41) is 2.64. The Balaban J connectivity index is 2.00. The Kier molecular flexibility index (Phi) is 5.50. The van der Waals surface area contributed by atoms with E-state index in [2.05, 4.69) is 9.97 Å². The summed E-state index contributed by atoms with van der Waals surface area (Å²) in [6.07, 6.45) is 0.0216. The molecule has 0 aliphatic heterocycles. The fourth-order valence-electron chi connectivity index (χ4n) is 2.34. The van der Waals surface area contributed by atoms with Gasteiger partial charge in [-0.2, -0.15) is 0 Å². The highest BCUT2D eigenvalue weighted by molar-refractivity contribution is 7.09. The number of esters is 2. The molecule has 0 bridgehead atoms. The van der Waals surface area contributed by atoms with Crippen molar-refractivity contribution in [3.63, 3.8) is 0 Å². The quantitative estimate of drug-likeness (QED) is 0.633. The van der Waals surface area contributed by atoms with Gasteiger partial charge in [0.25, 0.3) is 0 Å². The molecule has 0 aromatic carbocycles. The summed E-state index contributed by atoms with van der Waals surface area (Å²) in [5.41, 5.74) is 2.20. The summed E-state index contributed by atoms with van der Waals surface area (Å²) in [5.74, 6) is -1.45. The van der Waals surface area contributed by atoms with E-state index in [1.54, 1.807) is 19.2 Å². The van der Waals surface area contributed by atoms with Crippen molar-refractivity contribution in [2.45, 2.75) is 27.2 Å². The number of ketones is 1. The number of carbonyl (C=O) groups excluding carboxylic acids is 3. The number of ether oxygens (including phenoxy) is 2. The monoisotopic (exact) mass is 350 g/mol. The molecular weight excluding hydrogens is 332 g/mol. The summed E-state index contributed by atoms with van der Waals surface area (Å²) >= 11 is 1.44. The van der Waals surface area contributed by atoms with Gasteiger partial charge >= 0.3 is 11.9 Å². The van der Waals surface area contributed by atoms with E-state index in [9.17, 15) is 14.4 Å². The molecule has 1 N–H and O–H groups in total. The Labute approximate surface area is 143 Å². The molecule has 0 spiro atoms. The maximum absolute atomic E-state index is 12.2. The van der Waals surface area contributed by atoms with Crippen molar-refractivity contribution in [1.29, 1.82) is 0 Å². The Morgan fingerprint density at radius 3 is 2.54 bits per heavy atom. The molecule has 0 saturated carbocycles. The number of aromatic nitrogens is 2. The molecule has 0 fully saturated rings. The minimum Gasteiger partial charge on any atom is -0.465 e. The normalized spacial score (nSPS) is 10.5.